The van der Waals surface area contributed by atoms with Crippen molar-refractivity contribution in [1.29, 1.82) is 0 Å². The predicted octanol–water partition coefficient (Wildman–Crippen LogP) is 2.19. The van der Waals surface area contributed by atoms with Gasteiger partial charge in [-0.25, -0.2) is 4.98 Å². The average molecular weight is 378 g/mol. The van der Waals surface area contributed by atoms with E-state index in [1.54, 1.807) is 0 Å². The fraction of sp³-hybridized carbons (Fsp3) is 0.476. The molecular weight excluding hydrogens is 352 g/mol. The summed E-state index contributed by atoms with van der Waals surface area (Å²) in [5.74, 6) is 0.422. The number of rotatable bonds is 4. The van der Waals surface area contributed by atoms with Crippen LogP contribution in [-0.4, -0.2) is 69.6 Å². The Kier molecular flexibility index (Phi) is 4.49. The summed E-state index contributed by atoms with van der Waals surface area (Å²) in [5, 5.41) is 13.7. The zero-order valence-electron chi connectivity index (χ0n) is 16.2. The maximum atomic E-state index is 9.21. The van der Waals surface area contributed by atoms with Crippen LogP contribution in [0.3, 0.4) is 0 Å². The molecule has 3 heterocycles. The van der Waals surface area contributed by atoms with Gasteiger partial charge in [0, 0.05) is 44.5 Å². The molecule has 3 aromatic rings. The molecule has 5 rings (SSSR count). The lowest BCUT2D eigenvalue weighted by Gasteiger charge is -2.34. The van der Waals surface area contributed by atoms with Gasteiger partial charge in [-0.15, -0.1) is 0 Å². The van der Waals surface area contributed by atoms with Crippen LogP contribution >= 0.6 is 0 Å². The molecule has 7 nitrogen and oxygen atoms in total. The lowest BCUT2D eigenvalue weighted by atomic mass is 9.81. The molecule has 0 spiro atoms. The summed E-state index contributed by atoms with van der Waals surface area (Å²) in [5.41, 5.74) is 4.91. The number of benzene rings is 1. The van der Waals surface area contributed by atoms with E-state index in [1.807, 2.05) is 23.1 Å². The van der Waals surface area contributed by atoms with Crippen LogP contribution in [0.1, 0.15) is 18.9 Å². The quantitative estimate of drug-likeness (QED) is 0.750. The largest absolute Gasteiger partial charge is 0.396 e. The summed E-state index contributed by atoms with van der Waals surface area (Å²) in [6, 6.07) is 6.64. The Morgan fingerprint density at radius 3 is 2.71 bits per heavy atom. The van der Waals surface area contributed by atoms with Gasteiger partial charge in [0.15, 0.2) is 0 Å². The molecule has 0 bridgehead atoms. The van der Waals surface area contributed by atoms with Crippen molar-refractivity contribution in [1.82, 2.24) is 24.6 Å². The van der Waals surface area contributed by atoms with Gasteiger partial charge in [-0.2, -0.15) is 5.10 Å². The number of fused-ring (bicyclic) bond motifs is 1. The molecule has 1 aliphatic carbocycles. The zero-order valence-corrected chi connectivity index (χ0v) is 16.2. The minimum absolute atomic E-state index is 0.274. The molecular formula is C21H26N6O. The van der Waals surface area contributed by atoms with Crippen LogP contribution in [0.4, 0.5) is 5.69 Å². The Hall–Kier alpha value is -2.51. The van der Waals surface area contributed by atoms with E-state index in [9.17, 15) is 5.11 Å². The van der Waals surface area contributed by atoms with E-state index >= 15 is 0 Å². The third-order valence-electron chi connectivity index (χ3n) is 6.13. The first-order valence-corrected chi connectivity index (χ1v) is 10.1. The van der Waals surface area contributed by atoms with Gasteiger partial charge in [0.05, 0.1) is 35.3 Å². The average Bonchev–Trinajstić information content (AvgIpc) is 3.17. The van der Waals surface area contributed by atoms with Gasteiger partial charge in [-0.05, 0) is 37.9 Å². The van der Waals surface area contributed by atoms with Crippen molar-refractivity contribution in [2.45, 2.75) is 18.9 Å². The number of piperazine rings is 1. The van der Waals surface area contributed by atoms with Crippen LogP contribution in [0, 0.1) is 5.92 Å². The Labute approximate surface area is 164 Å². The predicted molar refractivity (Wildman–Crippen MR) is 109 cm³/mol. The van der Waals surface area contributed by atoms with E-state index in [4.69, 9.17) is 9.97 Å². The molecule has 1 saturated heterocycles. The molecule has 2 fully saturated rings. The second-order valence-electron chi connectivity index (χ2n) is 8.07. The standard InChI is InChI=1S/C21H26N6O/c1-25-5-7-26(8-6-25)20-4-2-3-18-21(20)22-12-19(24-18)16-11-23-27(13-16)17-9-15(10-17)14-28/h2-4,11-13,15,17,28H,5-10,14H2,1H3. The Morgan fingerprint density at radius 2 is 1.93 bits per heavy atom. The first-order chi connectivity index (χ1) is 13.7. The fourth-order valence-corrected chi connectivity index (χ4v) is 4.20. The van der Waals surface area contributed by atoms with Crippen molar-refractivity contribution in [3.05, 3.63) is 36.8 Å². The van der Waals surface area contributed by atoms with Gasteiger partial charge in [-0.3, -0.25) is 9.67 Å². The van der Waals surface area contributed by atoms with Crippen LogP contribution in [0.2, 0.25) is 0 Å². The smallest absolute Gasteiger partial charge is 0.112 e. The first kappa shape index (κ1) is 17.6. The molecule has 1 aliphatic heterocycles. The molecule has 0 radical (unpaired) electrons. The summed E-state index contributed by atoms with van der Waals surface area (Å²) in [6.45, 7) is 4.44. The van der Waals surface area contributed by atoms with Gasteiger partial charge in [0.25, 0.3) is 0 Å². The number of para-hydroxylation sites is 1. The molecule has 28 heavy (non-hydrogen) atoms. The molecule has 0 unspecified atom stereocenters. The highest BCUT2D eigenvalue weighted by Crippen LogP contribution is 2.37. The van der Waals surface area contributed by atoms with Crippen molar-refractivity contribution in [2.75, 3.05) is 44.7 Å². The van der Waals surface area contributed by atoms with E-state index in [2.05, 4.69) is 40.3 Å². The second kappa shape index (κ2) is 7.14. The van der Waals surface area contributed by atoms with Gasteiger partial charge < -0.3 is 14.9 Å². The lowest BCUT2D eigenvalue weighted by Crippen LogP contribution is -2.44. The van der Waals surface area contributed by atoms with Gasteiger partial charge in [0.1, 0.15) is 5.52 Å². The highest BCUT2D eigenvalue weighted by molar-refractivity contribution is 5.89. The number of aliphatic hydroxyl groups is 1. The number of hydrogen-bond acceptors (Lipinski definition) is 6. The molecule has 1 aromatic carbocycles. The normalized spacial score (nSPS) is 23.1. The van der Waals surface area contributed by atoms with E-state index < -0.39 is 0 Å². The molecule has 2 aromatic heterocycles. The van der Waals surface area contributed by atoms with Crippen LogP contribution in [0.5, 0.6) is 0 Å². The Bertz CT molecular complexity index is 972. The van der Waals surface area contributed by atoms with Crippen molar-refractivity contribution in [3.63, 3.8) is 0 Å². The maximum absolute atomic E-state index is 9.21. The second-order valence-corrected chi connectivity index (χ2v) is 8.07. The van der Waals surface area contributed by atoms with Crippen molar-refractivity contribution in [2.24, 2.45) is 5.92 Å². The number of nitrogens with zero attached hydrogens (tertiary/aromatic N) is 6. The minimum Gasteiger partial charge on any atom is -0.396 e. The lowest BCUT2D eigenvalue weighted by molar-refractivity contribution is 0.105. The Morgan fingerprint density at radius 1 is 1.11 bits per heavy atom. The molecule has 0 amide bonds. The molecule has 146 valence electrons. The third kappa shape index (κ3) is 3.14. The number of aromatic nitrogens is 4. The van der Waals surface area contributed by atoms with E-state index in [-0.39, 0.29) is 6.61 Å². The molecule has 7 heteroatoms. The summed E-state index contributed by atoms with van der Waals surface area (Å²) >= 11 is 0. The topological polar surface area (TPSA) is 70.3 Å². The minimum atomic E-state index is 0.274. The number of hydrogen-bond donors (Lipinski definition) is 1. The highest BCUT2D eigenvalue weighted by atomic mass is 16.3. The number of anilines is 1. The molecule has 1 N–H and O–H groups in total. The van der Waals surface area contributed by atoms with Crippen LogP contribution in [0.15, 0.2) is 36.8 Å². The summed E-state index contributed by atoms with van der Waals surface area (Å²) in [7, 11) is 2.17. The number of aliphatic hydroxyl groups excluding tert-OH is 1. The van der Waals surface area contributed by atoms with Crippen molar-refractivity contribution in [3.8, 4) is 11.3 Å². The third-order valence-corrected chi connectivity index (χ3v) is 6.13. The van der Waals surface area contributed by atoms with Crippen LogP contribution in [0.25, 0.3) is 22.3 Å². The van der Waals surface area contributed by atoms with Crippen LogP contribution < -0.4 is 4.90 Å². The van der Waals surface area contributed by atoms with Gasteiger partial charge in [0.2, 0.25) is 0 Å². The summed E-state index contributed by atoms with van der Waals surface area (Å²) in [4.78, 5) is 14.4. The van der Waals surface area contributed by atoms with Crippen molar-refractivity contribution >= 4 is 16.7 Å². The highest BCUT2D eigenvalue weighted by Gasteiger charge is 2.30. The van der Waals surface area contributed by atoms with E-state index in [0.717, 1.165) is 61.3 Å². The van der Waals surface area contributed by atoms with Gasteiger partial charge in [-0.1, -0.05) is 6.07 Å². The maximum Gasteiger partial charge on any atom is 0.112 e. The zero-order chi connectivity index (χ0) is 19.1. The monoisotopic (exact) mass is 378 g/mol. The van der Waals surface area contributed by atoms with E-state index in [0.29, 0.717) is 12.0 Å². The van der Waals surface area contributed by atoms with E-state index in [1.165, 1.54) is 5.69 Å². The summed E-state index contributed by atoms with van der Waals surface area (Å²) in [6.07, 6.45) is 7.77. The summed E-state index contributed by atoms with van der Waals surface area (Å²) < 4.78 is 2.01. The fourth-order valence-electron chi connectivity index (χ4n) is 4.20. The van der Waals surface area contributed by atoms with Gasteiger partial charge >= 0.3 is 0 Å². The molecule has 1 saturated carbocycles. The first-order valence-electron chi connectivity index (χ1n) is 10.1. The molecule has 2 aliphatic rings. The SMILES string of the molecule is CN1CCN(c2cccc3nc(-c4cnn(C5CC(CO)C5)c4)cnc23)CC1. The Balaban J connectivity index is 1.41. The molecule has 0 atom stereocenters. The van der Waals surface area contributed by atoms with Crippen molar-refractivity contribution < 1.29 is 5.11 Å². The van der Waals surface area contributed by atoms with Crippen LogP contribution in [-0.2, 0) is 0 Å². The number of likely N-dealkylation sites (N-methyl/N-ethyl adjacent to an activating group) is 1.